The van der Waals surface area contributed by atoms with Crippen LogP contribution in [-0.2, 0) is 6.54 Å². The molecule has 0 amide bonds. The van der Waals surface area contributed by atoms with Crippen LogP contribution in [0.1, 0.15) is 44.6 Å². The fraction of sp³-hybridized carbons (Fsp3) is 0.647. The highest BCUT2D eigenvalue weighted by atomic mass is 35.5. The summed E-state index contributed by atoms with van der Waals surface area (Å²) in [5.74, 6) is 2.62. The zero-order chi connectivity index (χ0) is 14.4. The van der Waals surface area contributed by atoms with Crippen molar-refractivity contribution in [1.29, 1.82) is 0 Å². The van der Waals surface area contributed by atoms with Crippen LogP contribution in [0.25, 0.3) is 0 Å². The van der Waals surface area contributed by atoms with Crippen LogP contribution in [0.2, 0.25) is 5.02 Å². The lowest BCUT2D eigenvalue weighted by atomic mass is 9.81. The molecular weight excluding hydrogens is 270 g/mol. The Balaban J connectivity index is 1.67. The molecule has 0 spiro atoms. The summed E-state index contributed by atoms with van der Waals surface area (Å²) in [5, 5.41) is 4.21. The van der Waals surface area contributed by atoms with Gasteiger partial charge in [0.1, 0.15) is 5.75 Å². The molecule has 2 nitrogen and oxygen atoms in total. The highest BCUT2D eigenvalue weighted by molar-refractivity contribution is 6.32. The molecule has 20 heavy (non-hydrogen) atoms. The number of nitrogens with one attached hydrogen (secondary N) is 1. The summed E-state index contributed by atoms with van der Waals surface area (Å²) < 4.78 is 5.16. The molecule has 0 saturated heterocycles. The van der Waals surface area contributed by atoms with E-state index in [-0.39, 0.29) is 0 Å². The van der Waals surface area contributed by atoms with Crippen molar-refractivity contribution in [2.45, 2.75) is 45.6 Å². The molecule has 1 aromatic rings. The summed E-state index contributed by atoms with van der Waals surface area (Å²) in [6.45, 7) is 4.36. The summed E-state index contributed by atoms with van der Waals surface area (Å²) in [6, 6.07) is 5.98. The minimum atomic E-state index is 0.688. The molecule has 1 aromatic carbocycles. The van der Waals surface area contributed by atoms with Gasteiger partial charge < -0.3 is 10.1 Å². The Kier molecular flexibility index (Phi) is 6.18. The average molecular weight is 296 g/mol. The third-order valence-electron chi connectivity index (χ3n) is 4.41. The molecule has 0 radical (unpaired) electrons. The zero-order valence-electron chi connectivity index (χ0n) is 12.6. The Bertz CT molecular complexity index is 413. The van der Waals surface area contributed by atoms with E-state index in [1.807, 2.05) is 12.1 Å². The zero-order valence-corrected chi connectivity index (χ0v) is 13.4. The Hall–Kier alpha value is -0.730. The monoisotopic (exact) mass is 295 g/mol. The first kappa shape index (κ1) is 15.7. The van der Waals surface area contributed by atoms with E-state index in [0.29, 0.717) is 5.02 Å². The predicted molar refractivity (Wildman–Crippen MR) is 85.4 cm³/mol. The van der Waals surface area contributed by atoms with Gasteiger partial charge in [0.05, 0.1) is 12.1 Å². The van der Waals surface area contributed by atoms with Gasteiger partial charge >= 0.3 is 0 Å². The highest BCUT2D eigenvalue weighted by Gasteiger charge is 2.17. The molecule has 1 fully saturated rings. The molecule has 3 heteroatoms. The van der Waals surface area contributed by atoms with Gasteiger partial charge in [-0.1, -0.05) is 50.3 Å². The molecule has 0 atom stereocenters. The quantitative estimate of drug-likeness (QED) is 0.771. The van der Waals surface area contributed by atoms with E-state index in [9.17, 15) is 0 Å². The first-order valence-corrected chi connectivity index (χ1v) is 8.10. The van der Waals surface area contributed by atoms with Gasteiger partial charge in [0, 0.05) is 6.54 Å². The van der Waals surface area contributed by atoms with E-state index >= 15 is 0 Å². The molecular formula is C17H26ClNO. The van der Waals surface area contributed by atoms with Crippen molar-refractivity contribution in [3.8, 4) is 5.75 Å². The lowest BCUT2D eigenvalue weighted by Crippen LogP contribution is -2.20. The van der Waals surface area contributed by atoms with Crippen LogP contribution in [-0.4, -0.2) is 13.7 Å². The van der Waals surface area contributed by atoms with Crippen molar-refractivity contribution >= 4 is 11.6 Å². The number of ether oxygens (including phenoxy) is 1. The first-order valence-electron chi connectivity index (χ1n) is 7.72. The maximum absolute atomic E-state index is 6.12. The van der Waals surface area contributed by atoms with Gasteiger partial charge in [0.15, 0.2) is 0 Å². The van der Waals surface area contributed by atoms with Crippen molar-refractivity contribution in [3.05, 3.63) is 28.8 Å². The van der Waals surface area contributed by atoms with Gasteiger partial charge in [0.25, 0.3) is 0 Å². The van der Waals surface area contributed by atoms with E-state index in [1.54, 1.807) is 7.11 Å². The second-order valence-corrected chi connectivity index (χ2v) is 6.47. The van der Waals surface area contributed by atoms with Crippen molar-refractivity contribution in [3.63, 3.8) is 0 Å². The highest BCUT2D eigenvalue weighted by Crippen LogP contribution is 2.30. The molecule has 1 aliphatic carbocycles. The van der Waals surface area contributed by atoms with Crippen molar-refractivity contribution in [2.75, 3.05) is 13.7 Å². The van der Waals surface area contributed by atoms with E-state index in [0.717, 1.165) is 30.7 Å². The molecule has 0 aliphatic heterocycles. The lowest BCUT2D eigenvalue weighted by molar-refractivity contribution is 0.275. The van der Waals surface area contributed by atoms with Crippen molar-refractivity contribution in [1.82, 2.24) is 5.32 Å². The first-order chi connectivity index (χ1) is 9.69. The number of methoxy groups -OCH3 is 1. The standard InChI is InChI=1S/C17H26ClNO/c1-13-3-5-14(6-4-13)9-10-19-12-15-7-8-17(20-2)16(18)11-15/h7-8,11,13-14,19H,3-6,9-10,12H2,1-2H3. The summed E-state index contributed by atoms with van der Waals surface area (Å²) in [6.07, 6.45) is 6.96. The van der Waals surface area contributed by atoms with Gasteiger partial charge in [0.2, 0.25) is 0 Å². The number of hydrogen-bond donors (Lipinski definition) is 1. The van der Waals surface area contributed by atoms with Gasteiger partial charge in [-0.15, -0.1) is 0 Å². The normalized spacial score (nSPS) is 22.8. The smallest absolute Gasteiger partial charge is 0.137 e. The van der Waals surface area contributed by atoms with E-state index in [4.69, 9.17) is 16.3 Å². The molecule has 0 bridgehead atoms. The summed E-state index contributed by atoms with van der Waals surface area (Å²) >= 11 is 6.12. The molecule has 0 unspecified atom stereocenters. The van der Waals surface area contributed by atoms with Crippen LogP contribution in [0, 0.1) is 11.8 Å². The minimum absolute atomic E-state index is 0.688. The summed E-state index contributed by atoms with van der Waals surface area (Å²) in [4.78, 5) is 0. The molecule has 112 valence electrons. The molecule has 0 aromatic heterocycles. The average Bonchev–Trinajstić information content (AvgIpc) is 2.46. The lowest BCUT2D eigenvalue weighted by Gasteiger charge is -2.26. The van der Waals surface area contributed by atoms with Gasteiger partial charge in [-0.3, -0.25) is 0 Å². The number of benzene rings is 1. The van der Waals surface area contributed by atoms with Gasteiger partial charge in [-0.05, 0) is 42.5 Å². The molecule has 2 rings (SSSR count). The van der Waals surface area contributed by atoms with Crippen LogP contribution in [0.5, 0.6) is 5.75 Å². The Labute approximate surface area is 127 Å². The largest absolute Gasteiger partial charge is 0.495 e. The van der Waals surface area contributed by atoms with Crippen LogP contribution in [0.3, 0.4) is 0 Å². The second-order valence-electron chi connectivity index (χ2n) is 6.06. The van der Waals surface area contributed by atoms with Crippen LogP contribution >= 0.6 is 11.6 Å². The fourth-order valence-corrected chi connectivity index (χ4v) is 3.26. The van der Waals surface area contributed by atoms with Crippen LogP contribution in [0.4, 0.5) is 0 Å². The Morgan fingerprint density at radius 3 is 2.65 bits per heavy atom. The predicted octanol–water partition coefficient (Wildman–Crippen LogP) is 4.65. The van der Waals surface area contributed by atoms with E-state index in [1.165, 1.54) is 37.7 Å². The van der Waals surface area contributed by atoms with Crippen molar-refractivity contribution < 1.29 is 4.74 Å². The maximum Gasteiger partial charge on any atom is 0.137 e. The van der Waals surface area contributed by atoms with E-state index < -0.39 is 0 Å². The van der Waals surface area contributed by atoms with Gasteiger partial charge in [-0.25, -0.2) is 0 Å². The molecule has 0 heterocycles. The summed E-state index contributed by atoms with van der Waals surface area (Å²) in [5.41, 5.74) is 1.22. The topological polar surface area (TPSA) is 21.3 Å². The molecule has 1 aliphatic rings. The van der Waals surface area contributed by atoms with Crippen LogP contribution < -0.4 is 10.1 Å². The number of rotatable bonds is 6. The third kappa shape index (κ3) is 4.68. The van der Waals surface area contributed by atoms with E-state index in [2.05, 4.69) is 18.3 Å². The molecule has 1 saturated carbocycles. The van der Waals surface area contributed by atoms with Gasteiger partial charge in [-0.2, -0.15) is 0 Å². The Morgan fingerprint density at radius 1 is 1.25 bits per heavy atom. The second kappa shape index (κ2) is 7.90. The number of hydrogen-bond acceptors (Lipinski definition) is 2. The minimum Gasteiger partial charge on any atom is -0.495 e. The fourth-order valence-electron chi connectivity index (χ4n) is 2.98. The number of halogens is 1. The maximum atomic E-state index is 6.12. The SMILES string of the molecule is COc1ccc(CNCCC2CCC(C)CC2)cc1Cl. The van der Waals surface area contributed by atoms with Crippen molar-refractivity contribution in [2.24, 2.45) is 11.8 Å². The third-order valence-corrected chi connectivity index (χ3v) is 4.71. The molecule has 1 N–H and O–H groups in total. The Morgan fingerprint density at radius 2 is 2.00 bits per heavy atom. The summed E-state index contributed by atoms with van der Waals surface area (Å²) in [7, 11) is 1.64. The van der Waals surface area contributed by atoms with Crippen LogP contribution in [0.15, 0.2) is 18.2 Å².